The first-order valence-electron chi connectivity index (χ1n) is 4.73. The van der Waals surface area contributed by atoms with E-state index in [1.807, 2.05) is 0 Å². The fraction of sp³-hybridized carbons (Fsp3) is 0.750. The Balaban J connectivity index is 4.18. The number of carbonyl (C=O) groups excluding carboxylic acids is 2. The zero-order valence-corrected chi connectivity index (χ0v) is 8.98. The van der Waals surface area contributed by atoms with Gasteiger partial charge >= 0.3 is 0 Å². The lowest BCUT2D eigenvalue weighted by atomic mass is 10.4. The predicted octanol–water partition coefficient (Wildman–Crippen LogP) is -2.55. The molecule has 15 heavy (non-hydrogen) atoms. The third kappa shape index (κ3) is 5.31. The summed E-state index contributed by atoms with van der Waals surface area (Å²) in [6, 6.07) is 0. The van der Waals surface area contributed by atoms with Crippen LogP contribution in [-0.4, -0.2) is 54.4 Å². The van der Waals surface area contributed by atoms with E-state index in [9.17, 15) is 9.59 Å². The van der Waals surface area contributed by atoms with Crippen molar-refractivity contribution in [2.24, 2.45) is 17.3 Å². The van der Waals surface area contributed by atoms with Crippen molar-refractivity contribution in [3.05, 3.63) is 0 Å². The maximum absolute atomic E-state index is 11.6. The molecule has 2 amide bonds. The summed E-state index contributed by atoms with van der Waals surface area (Å²) in [6.07, 6.45) is 0. The number of carbonyl (C=O) groups is 2. The Bertz CT molecular complexity index is 215. The quantitative estimate of drug-likeness (QED) is 0.257. The van der Waals surface area contributed by atoms with Crippen LogP contribution in [-0.2, 0) is 9.59 Å². The summed E-state index contributed by atoms with van der Waals surface area (Å²) in [5, 5.41) is 0.863. The number of hydrazine groups is 1. The van der Waals surface area contributed by atoms with Crippen LogP contribution >= 0.6 is 0 Å². The van der Waals surface area contributed by atoms with Gasteiger partial charge in [-0.1, -0.05) is 0 Å². The highest BCUT2D eigenvalue weighted by molar-refractivity contribution is 5.83. The van der Waals surface area contributed by atoms with Crippen LogP contribution in [0, 0.1) is 0 Å². The number of amides is 2. The Hall–Kier alpha value is -1.18. The molecule has 0 spiro atoms. The lowest BCUT2D eigenvalue weighted by molar-refractivity contribution is -0.139. The van der Waals surface area contributed by atoms with E-state index in [0.29, 0.717) is 26.2 Å². The second-order valence-electron chi connectivity index (χ2n) is 3.11. The summed E-state index contributed by atoms with van der Waals surface area (Å²) in [5.74, 6) is 4.72. The molecular formula is C8H19N5O2. The van der Waals surface area contributed by atoms with E-state index in [1.165, 1.54) is 11.8 Å². The van der Waals surface area contributed by atoms with Crippen LogP contribution in [0.1, 0.15) is 6.92 Å². The smallest absolute Gasteiger partial charge is 0.243 e. The highest BCUT2D eigenvalue weighted by Gasteiger charge is 2.15. The Morgan fingerprint density at radius 1 is 1.13 bits per heavy atom. The summed E-state index contributed by atoms with van der Waals surface area (Å²) < 4.78 is 0. The molecule has 0 bridgehead atoms. The van der Waals surface area contributed by atoms with Crippen LogP contribution in [0.15, 0.2) is 0 Å². The molecule has 0 aromatic rings. The van der Waals surface area contributed by atoms with Crippen LogP contribution in [0.25, 0.3) is 0 Å². The van der Waals surface area contributed by atoms with Crippen molar-refractivity contribution in [2.45, 2.75) is 6.92 Å². The number of rotatable bonds is 6. The zero-order valence-electron chi connectivity index (χ0n) is 8.98. The minimum absolute atomic E-state index is 0.144. The Labute approximate surface area is 89.1 Å². The molecule has 7 heteroatoms. The molecule has 0 aliphatic rings. The summed E-state index contributed by atoms with van der Waals surface area (Å²) in [6.45, 7) is 2.70. The van der Waals surface area contributed by atoms with Gasteiger partial charge in [0.2, 0.25) is 11.8 Å². The van der Waals surface area contributed by atoms with Crippen molar-refractivity contribution in [1.29, 1.82) is 0 Å². The molecular weight excluding hydrogens is 198 g/mol. The van der Waals surface area contributed by atoms with Gasteiger partial charge in [0.05, 0.1) is 0 Å². The van der Waals surface area contributed by atoms with E-state index in [-0.39, 0.29) is 18.4 Å². The van der Waals surface area contributed by atoms with E-state index < -0.39 is 0 Å². The summed E-state index contributed by atoms with van der Waals surface area (Å²) in [5.41, 5.74) is 10.7. The van der Waals surface area contributed by atoms with Crippen molar-refractivity contribution in [1.82, 2.24) is 9.91 Å². The maximum atomic E-state index is 11.6. The number of hydrogen-bond acceptors (Lipinski definition) is 5. The fourth-order valence-corrected chi connectivity index (χ4v) is 1.03. The third-order valence-electron chi connectivity index (χ3n) is 1.86. The third-order valence-corrected chi connectivity index (χ3v) is 1.86. The molecule has 0 aliphatic heterocycles. The molecule has 0 saturated heterocycles. The van der Waals surface area contributed by atoms with E-state index in [4.69, 9.17) is 17.3 Å². The first-order chi connectivity index (χ1) is 7.02. The van der Waals surface area contributed by atoms with Crippen LogP contribution in [0.5, 0.6) is 0 Å². The molecule has 0 saturated carbocycles. The Kier molecular flexibility index (Phi) is 6.59. The van der Waals surface area contributed by atoms with Gasteiger partial charge in [-0.05, 0) is 0 Å². The largest absolute Gasteiger partial charge is 0.339 e. The van der Waals surface area contributed by atoms with Crippen LogP contribution in [0.3, 0.4) is 0 Å². The van der Waals surface area contributed by atoms with Gasteiger partial charge in [0.25, 0.3) is 0 Å². The lowest BCUT2D eigenvalue weighted by Gasteiger charge is -2.23. The lowest BCUT2D eigenvalue weighted by Crippen LogP contribution is -2.47. The standard InChI is InChI=1S/C8H19N5O2/c1-7(14)13(11)6-8(15)12(4-2-9)5-3-10/h2-6,9-11H2,1H3. The summed E-state index contributed by atoms with van der Waals surface area (Å²) in [4.78, 5) is 23.9. The molecule has 0 aliphatic carbocycles. The Morgan fingerprint density at radius 3 is 1.93 bits per heavy atom. The molecule has 0 heterocycles. The molecule has 0 unspecified atom stereocenters. The second kappa shape index (κ2) is 7.16. The number of nitrogens with two attached hydrogens (primary N) is 3. The van der Waals surface area contributed by atoms with Gasteiger partial charge in [-0.2, -0.15) is 0 Å². The minimum Gasteiger partial charge on any atom is -0.339 e. The van der Waals surface area contributed by atoms with Crippen molar-refractivity contribution >= 4 is 11.8 Å². The normalized spacial score (nSPS) is 9.87. The number of hydrogen-bond donors (Lipinski definition) is 3. The molecule has 0 atom stereocenters. The summed E-state index contributed by atoms with van der Waals surface area (Å²) >= 11 is 0. The average Bonchev–Trinajstić information content (AvgIpc) is 2.17. The van der Waals surface area contributed by atoms with Gasteiger partial charge in [-0.25, -0.2) is 5.84 Å². The molecule has 88 valence electrons. The minimum atomic E-state index is -0.358. The highest BCUT2D eigenvalue weighted by atomic mass is 16.2. The van der Waals surface area contributed by atoms with E-state index in [2.05, 4.69) is 0 Å². The van der Waals surface area contributed by atoms with Gasteiger partial charge in [0.15, 0.2) is 0 Å². The molecule has 7 nitrogen and oxygen atoms in total. The SMILES string of the molecule is CC(=O)N(N)CC(=O)N(CCN)CCN. The zero-order chi connectivity index (χ0) is 11.8. The van der Waals surface area contributed by atoms with Crippen molar-refractivity contribution in [2.75, 3.05) is 32.7 Å². The van der Waals surface area contributed by atoms with E-state index in [0.717, 1.165) is 5.01 Å². The van der Waals surface area contributed by atoms with Gasteiger partial charge in [-0.3, -0.25) is 14.6 Å². The van der Waals surface area contributed by atoms with Crippen molar-refractivity contribution < 1.29 is 9.59 Å². The van der Waals surface area contributed by atoms with E-state index >= 15 is 0 Å². The topological polar surface area (TPSA) is 119 Å². The molecule has 6 N–H and O–H groups in total. The van der Waals surface area contributed by atoms with Gasteiger partial charge < -0.3 is 16.4 Å². The molecule has 0 aromatic carbocycles. The van der Waals surface area contributed by atoms with Gasteiger partial charge in [-0.15, -0.1) is 0 Å². The van der Waals surface area contributed by atoms with Gasteiger partial charge in [0, 0.05) is 33.1 Å². The first kappa shape index (κ1) is 13.8. The number of nitrogens with zero attached hydrogens (tertiary/aromatic N) is 2. The van der Waals surface area contributed by atoms with Crippen LogP contribution in [0.4, 0.5) is 0 Å². The molecule has 0 radical (unpaired) electrons. The highest BCUT2D eigenvalue weighted by Crippen LogP contribution is 1.90. The monoisotopic (exact) mass is 217 g/mol. The van der Waals surface area contributed by atoms with Crippen LogP contribution < -0.4 is 17.3 Å². The average molecular weight is 217 g/mol. The van der Waals surface area contributed by atoms with Gasteiger partial charge in [0.1, 0.15) is 6.54 Å². The molecule has 0 aromatic heterocycles. The molecule has 0 rings (SSSR count). The first-order valence-corrected chi connectivity index (χ1v) is 4.73. The second-order valence-corrected chi connectivity index (χ2v) is 3.11. The Morgan fingerprint density at radius 2 is 1.60 bits per heavy atom. The van der Waals surface area contributed by atoms with Crippen LogP contribution in [0.2, 0.25) is 0 Å². The maximum Gasteiger partial charge on any atom is 0.243 e. The predicted molar refractivity (Wildman–Crippen MR) is 56.3 cm³/mol. The summed E-state index contributed by atoms with van der Waals surface area (Å²) in [7, 11) is 0. The molecule has 0 fully saturated rings. The van der Waals surface area contributed by atoms with E-state index in [1.54, 1.807) is 0 Å². The van der Waals surface area contributed by atoms with Crippen molar-refractivity contribution in [3.63, 3.8) is 0 Å². The van der Waals surface area contributed by atoms with Crippen molar-refractivity contribution in [3.8, 4) is 0 Å². The fourth-order valence-electron chi connectivity index (χ4n) is 1.03.